The Kier molecular flexibility index (Phi) is 6.93. The number of nitrogens with one attached hydrogen (secondary N) is 3. The van der Waals surface area contributed by atoms with Crippen LogP contribution in [0.15, 0.2) is 41.8 Å². The van der Waals surface area contributed by atoms with Crippen LogP contribution in [0.2, 0.25) is 0 Å². The van der Waals surface area contributed by atoms with Crippen LogP contribution in [0.25, 0.3) is 10.9 Å². The summed E-state index contributed by atoms with van der Waals surface area (Å²) in [4.78, 5) is 10.4. The van der Waals surface area contributed by atoms with E-state index in [0.717, 1.165) is 25.5 Å². The molecule has 1 unspecified atom stereocenters. The third-order valence-corrected chi connectivity index (χ3v) is 5.18. The first-order chi connectivity index (χ1) is 14.0. The van der Waals surface area contributed by atoms with Crippen LogP contribution in [-0.4, -0.2) is 59.4 Å². The largest absolute Gasteiger partial charge is 0.361 e. The molecule has 0 aliphatic carbocycles. The van der Waals surface area contributed by atoms with Crippen LogP contribution in [-0.2, 0) is 13.5 Å². The van der Waals surface area contributed by atoms with Gasteiger partial charge >= 0.3 is 0 Å². The molecule has 3 aromatic rings. The summed E-state index contributed by atoms with van der Waals surface area (Å²) >= 11 is 0. The summed E-state index contributed by atoms with van der Waals surface area (Å²) in [6, 6.07) is 6.58. The highest BCUT2D eigenvalue weighted by molar-refractivity contribution is 5.86. The van der Waals surface area contributed by atoms with Gasteiger partial charge in [0.2, 0.25) is 0 Å². The Hall–Kier alpha value is -2.80. The molecule has 0 aliphatic heterocycles. The lowest BCUT2D eigenvalue weighted by Crippen LogP contribution is -2.39. The third kappa shape index (κ3) is 5.17. The van der Waals surface area contributed by atoms with Crippen molar-refractivity contribution in [3.63, 3.8) is 0 Å². The number of H-pyrrole nitrogens is 1. The van der Waals surface area contributed by atoms with Gasteiger partial charge in [-0.3, -0.25) is 9.67 Å². The summed E-state index contributed by atoms with van der Waals surface area (Å²) in [6.07, 6.45) is 7.03. The summed E-state index contributed by atoms with van der Waals surface area (Å²) < 4.78 is 1.84. The highest BCUT2D eigenvalue weighted by atomic mass is 15.2. The monoisotopic (exact) mass is 395 g/mol. The van der Waals surface area contributed by atoms with Gasteiger partial charge in [-0.15, -0.1) is 0 Å². The van der Waals surface area contributed by atoms with E-state index in [4.69, 9.17) is 4.99 Å². The third-order valence-electron chi connectivity index (χ3n) is 5.18. The van der Waals surface area contributed by atoms with Gasteiger partial charge in [0.05, 0.1) is 18.8 Å². The second-order valence-electron chi connectivity index (χ2n) is 7.63. The van der Waals surface area contributed by atoms with Crippen molar-refractivity contribution in [1.29, 1.82) is 0 Å². The van der Waals surface area contributed by atoms with Crippen molar-refractivity contribution >= 4 is 16.9 Å². The molecule has 0 spiro atoms. The Morgan fingerprint density at radius 3 is 2.83 bits per heavy atom. The first kappa shape index (κ1) is 20.9. The fourth-order valence-electron chi connectivity index (χ4n) is 3.66. The number of aromatic amines is 1. The van der Waals surface area contributed by atoms with E-state index in [-0.39, 0.29) is 6.04 Å². The number of likely N-dealkylation sites (N-methyl/N-ethyl adjacent to an activating group) is 1. The van der Waals surface area contributed by atoms with Gasteiger partial charge in [0.1, 0.15) is 0 Å². The van der Waals surface area contributed by atoms with E-state index >= 15 is 0 Å². The Labute approximate surface area is 173 Å². The Bertz CT molecular complexity index is 951. The molecule has 1 aromatic carbocycles. The molecule has 7 heteroatoms. The van der Waals surface area contributed by atoms with Gasteiger partial charge in [0, 0.05) is 49.0 Å². The van der Waals surface area contributed by atoms with Crippen LogP contribution < -0.4 is 10.6 Å². The zero-order chi connectivity index (χ0) is 20.8. The van der Waals surface area contributed by atoms with Crippen LogP contribution in [0.1, 0.15) is 29.7 Å². The number of benzene rings is 1. The molecule has 1 atom stereocenters. The van der Waals surface area contributed by atoms with Gasteiger partial charge < -0.3 is 20.5 Å². The predicted molar refractivity (Wildman–Crippen MR) is 120 cm³/mol. The Morgan fingerprint density at radius 2 is 2.14 bits per heavy atom. The normalized spacial score (nSPS) is 13.2. The molecule has 156 valence electrons. The highest BCUT2D eigenvalue weighted by Gasteiger charge is 2.15. The summed E-state index contributed by atoms with van der Waals surface area (Å²) in [5.41, 5.74) is 5.02. The molecule has 0 fully saturated rings. The van der Waals surface area contributed by atoms with Gasteiger partial charge in [-0.05, 0) is 51.6 Å². The molecule has 0 bridgehead atoms. The zero-order valence-electron chi connectivity index (χ0n) is 18.2. The highest BCUT2D eigenvalue weighted by Crippen LogP contribution is 2.22. The number of guanidine groups is 1. The van der Waals surface area contributed by atoms with E-state index in [1.807, 2.05) is 17.9 Å². The quantitative estimate of drug-likeness (QED) is 0.405. The van der Waals surface area contributed by atoms with Crippen molar-refractivity contribution in [3.05, 3.63) is 53.5 Å². The molecular weight excluding hydrogens is 362 g/mol. The number of fused-ring (bicyclic) bond motifs is 1. The van der Waals surface area contributed by atoms with Crippen molar-refractivity contribution < 1.29 is 0 Å². The number of rotatable bonds is 8. The van der Waals surface area contributed by atoms with Crippen molar-refractivity contribution in [1.82, 2.24) is 30.3 Å². The van der Waals surface area contributed by atoms with Gasteiger partial charge in [0.25, 0.3) is 0 Å². The minimum atomic E-state index is 0.190. The molecular formula is C22H33N7. The van der Waals surface area contributed by atoms with Gasteiger partial charge in [0.15, 0.2) is 5.96 Å². The van der Waals surface area contributed by atoms with Gasteiger partial charge in [-0.2, -0.15) is 5.10 Å². The summed E-state index contributed by atoms with van der Waals surface area (Å²) in [5, 5.41) is 12.5. The van der Waals surface area contributed by atoms with E-state index < -0.39 is 0 Å². The fraction of sp³-hybridized carbons (Fsp3) is 0.455. The Balaban J connectivity index is 1.64. The topological polar surface area (TPSA) is 73.3 Å². The Morgan fingerprint density at radius 1 is 1.31 bits per heavy atom. The lowest BCUT2D eigenvalue weighted by atomic mass is 10.1. The molecule has 0 amide bonds. The number of hydrogen-bond donors (Lipinski definition) is 3. The SMILES string of the molecule is CCNC(=NCC(c1cnn(C)c1)N(C)C)NCCc1c[nH]c2cccc(C)c12. The van der Waals surface area contributed by atoms with Crippen molar-refractivity contribution in [3.8, 4) is 0 Å². The maximum absolute atomic E-state index is 4.83. The molecule has 0 saturated heterocycles. The number of aryl methyl sites for hydroxylation is 2. The first-order valence-corrected chi connectivity index (χ1v) is 10.2. The molecule has 3 rings (SSSR count). The second-order valence-corrected chi connectivity index (χ2v) is 7.63. The van der Waals surface area contributed by atoms with Crippen LogP contribution in [0, 0.1) is 6.92 Å². The maximum atomic E-state index is 4.83. The predicted octanol–water partition coefficient (Wildman–Crippen LogP) is 2.61. The van der Waals surface area contributed by atoms with Gasteiger partial charge in [-0.25, -0.2) is 0 Å². The standard InChI is InChI=1S/C22H33N7/c1-6-23-22(26-14-20(28(3)4)18-13-27-29(5)15-18)24-11-10-17-12-25-19-9-7-8-16(2)21(17)19/h7-9,12-13,15,20,25H,6,10-11,14H2,1-5H3,(H2,23,24,26). The van der Waals surface area contributed by atoms with Crippen molar-refractivity contribution in [2.24, 2.45) is 12.0 Å². The minimum absolute atomic E-state index is 0.190. The van der Waals surface area contributed by atoms with Crippen molar-refractivity contribution in [2.45, 2.75) is 26.3 Å². The summed E-state index contributed by atoms with van der Waals surface area (Å²) in [6.45, 7) is 6.58. The maximum Gasteiger partial charge on any atom is 0.191 e. The molecule has 3 N–H and O–H groups in total. The average molecular weight is 396 g/mol. The van der Waals surface area contributed by atoms with Crippen LogP contribution in [0.5, 0.6) is 0 Å². The molecule has 29 heavy (non-hydrogen) atoms. The molecule has 0 aliphatic rings. The number of nitrogens with zero attached hydrogens (tertiary/aromatic N) is 4. The van der Waals surface area contributed by atoms with Gasteiger partial charge in [-0.1, -0.05) is 12.1 Å². The number of aromatic nitrogens is 3. The molecule has 0 radical (unpaired) electrons. The second kappa shape index (κ2) is 9.60. The molecule has 0 saturated carbocycles. The first-order valence-electron chi connectivity index (χ1n) is 10.2. The summed E-state index contributed by atoms with van der Waals surface area (Å²) in [7, 11) is 6.09. The van der Waals surface area contributed by atoms with E-state index in [0.29, 0.717) is 6.54 Å². The number of aliphatic imine (C=N–C) groups is 1. The van der Waals surface area contributed by atoms with E-state index in [1.165, 1.54) is 27.6 Å². The van der Waals surface area contributed by atoms with Crippen molar-refractivity contribution in [2.75, 3.05) is 33.7 Å². The average Bonchev–Trinajstić information content (AvgIpc) is 3.29. The van der Waals surface area contributed by atoms with E-state index in [1.54, 1.807) is 0 Å². The van der Waals surface area contributed by atoms with Crippen LogP contribution >= 0.6 is 0 Å². The zero-order valence-corrected chi connectivity index (χ0v) is 18.2. The molecule has 2 aromatic heterocycles. The van der Waals surface area contributed by atoms with Crippen LogP contribution in [0.4, 0.5) is 0 Å². The molecule has 2 heterocycles. The van der Waals surface area contributed by atoms with E-state index in [2.05, 4.69) is 84.2 Å². The fourth-order valence-corrected chi connectivity index (χ4v) is 3.66. The minimum Gasteiger partial charge on any atom is -0.361 e. The number of hydrogen-bond acceptors (Lipinski definition) is 3. The lowest BCUT2D eigenvalue weighted by molar-refractivity contribution is 0.306. The van der Waals surface area contributed by atoms with Crippen LogP contribution in [0.3, 0.4) is 0 Å². The summed E-state index contributed by atoms with van der Waals surface area (Å²) in [5.74, 6) is 0.847. The van der Waals surface area contributed by atoms with E-state index in [9.17, 15) is 0 Å². The molecule has 7 nitrogen and oxygen atoms in total. The smallest absolute Gasteiger partial charge is 0.191 e. The lowest BCUT2D eigenvalue weighted by Gasteiger charge is -2.22.